The predicted octanol–water partition coefficient (Wildman–Crippen LogP) is 1.53. The van der Waals surface area contributed by atoms with Crippen LogP contribution in [0.25, 0.3) is 0 Å². The molecule has 3 N–H and O–H groups in total. The van der Waals surface area contributed by atoms with Crippen LogP contribution in [0.15, 0.2) is 24.3 Å². The van der Waals surface area contributed by atoms with Crippen LogP contribution < -0.4 is 20.7 Å². The number of nitrogens with one attached hydrogen (secondary N) is 1. The molecule has 2 saturated heterocycles. The highest BCUT2D eigenvalue weighted by molar-refractivity contribution is 5.82. The number of carbonyl (C=O) groups excluding carboxylic acids is 1. The van der Waals surface area contributed by atoms with Gasteiger partial charge >= 0.3 is 0 Å². The average molecular weight is 347 g/mol. The van der Waals surface area contributed by atoms with Crippen LogP contribution in [-0.2, 0) is 9.53 Å². The van der Waals surface area contributed by atoms with Crippen molar-refractivity contribution < 1.29 is 14.3 Å². The fourth-order valence-corrected chi connectivity index (χ4v) is 3.72. The normalized spacial score (nSPS) is 23.1. The number of nitrogens with zero attached hydrogens (tertiary/aromatic N) is 1. The number of hydrogen-bond donors (Lipinski definition) is 2. The highest BCUT2D eigenvalue weighted by Gasteiger charge is 2.29. The summed E-state index contributed by atoms with van der Waals surface area (Å²) in [6, 6.07) is 7.77. The molecule has 2 aliphatic rings. The van der Waals surface area contributed by atoms with E-state index >= 15 is 0 Å². The maximum Gasteiger partial charge on any atom is 0.237 e. The summed E-state index contributed by atoms with van der Waals surface area (Å²) in [5.74, 6) is 1.06. The number of carbonyl (C=O) groups is 1. The van der Waals surface area contributed by atoms with Gasteiger partial charge in [-0.05, 0) is 43.7 Å². The lowest BCUT2D eigenvalue weighted by Gasteiger charge is -2.36. The number of hydrogen-bond acceptors (Lipinski definition) is 5. The zero-order valence-electron chi connectivity index (χ0n) is 14.9. The molecule has 2 aliphatic heterocycles. The standard InChI is InChI=1S/C19H29N3O3/c1-24-17-6-2-5-16(12-17)22-9-3-4-15(13-22)21-19(23)18(20)14-7-10-25-11-8-14/h2,5-6,12,14-15,18H,3-4,7-11,13,20H2,1H3,(H,21,23). The number of rotatable bonds is 5. The summed E-state index contributed by atoms with van der Waals surface area (Å²) in [5, 5.41) is 3.17. The molecule has 1 aromatic rings. The molecular formula is C19H29N3O3. The minimum absolute atomic E-state index is 0.0237. The molecule has 25 heavy (non-hydrogen) atoms. The summed E-state index contributed by atoms with van der Waals surface area (Å²) in [5.41, 5.74) is 7.33. The predicted molar refractivity (Wildman–Crippen MR) is 97.9 cm³/mol. The maximum absolute atomic E-state index is 12.5. The Morgan fingerprint density at radius 1 is 1.36 bits per heavy atom. The summed E-state index contributed by atoms with van der Waals surface area (Å²) in [6.45, 7) is 3.21. The van der Waals surface area contributed by atoms with E-state index in [0.29, 0.717) is 13.2 Å². The van der Waals surface area contributed by atoms with Crippen LogP contribution in [0.4, 0.5) is 5.69 Å². The van der Waals surface area contributed by atoms with Crippen molar-refractivity contribution in [2.24, 2.45) is 11.7 Å². The summed E-state index contributed by atoms with van der Waals surface area (Å²) in [7, 11) is 1.68. The number of amides is 1. The van der Waals surface area contributed by atoms with E-state index in [4.69, 9.17) is 15.2 Å². The molecular weight excluding hydrogens is 318 g/mol. The molecule has 138 valence electrons. The fourth-order valence-electron chi connectivity index (χ4n) is 3.72. The van der Waals surface area contributed by atoms with Gasteiger partial charge in [-0.3, -0.25) is 4.79 Å². The monoisotopic (exact) mass is 347 g/mol. The highest BCUT2D eigenvalue weighted by Crippen LogP contribution is 2.24. The van der Waals surface area contributed by atoms with Crippen molar-refractivity contribution in [1.82, 2.24) is 5.32 Å². The summed E-state index contributed by atoms with van der Waals surface area (Å²) in [4.78, 5) is 14.8. The molecule has 2 heterocycles. The first-order chi connectivity index (χ1) is 12.2. The Labute approximate surface area is 149 Å². The molecule has 1 aromatic carbocycles. The van der Waals surface area contributed by atoms with Crippen molar-refractivity contribution >= 4 is 11.6 Å². The topological polar surface area (TPSA) is 76.8 Å². The van der Waals surface area contributed by atoms with Crippen LogP contribution in [-0.4, -0.2) is 51.4 Å². The van der Waals surface area contributed by atoms with E-state index in [9.17, 15) is 4.79 Å². The third-order valence-electron chi connectivity index (χ3n) is 5.26. The van der Waals surface area contributed by atoms with Crippen molar-refractivity contribution in [1.29, 1.82) is 0 Å². The first-order valence-corrected chi connectivity index (χ1v) is 9.20. The fraction of sp³-hybridized carbons (Fsp3) is 0.632. The lowest BCUT2D eigenvalue weighted by Crippen LogP contribution is -2.54. The van der Waals surface area contributed by atoms with Crippen LogP contribution >= 0.6 is 0 Å². The highest BCUT2D eigenvalue weighted by atomic mass is 16.5. The Hall–Kier alpha value is -1.79. The van der Waals surface area contributed by atoms with Gasteiger partial charge in [0.2, 0.25) is 5.91 Å². The van der Waals surface area contributed by atoms with E-state index in [0.717, 1.165) is 50.2 Å². The molecule has 0 bridgehead atoms. The van der Waals surface area contributed by atoms with E-state index in [1.54, 1.807) is 7.11 Å². The van der Waals surface area contributed by atoms with Gasteiger partial charge in [-0.1, -0.05) is 6.07 Å². The summed E-state index contributed by atoms with van der Waals surface area (Å²) in [6.07, 6.45) is 3.78. The number of anilines is 1. The molecule has 2 fully saturated rings. The molecule has 3 rings (SSSR count). The molecule has 0 saturated carbocycles. The van der Waals surface area contributed by atoms with E-state index in [1.165, 1.54) is 0 Å². The van der Waals surface area contributed by atoms with Gasteiger partial charge in [0, 0.05) is 44.1 Å². The Balaban J connectivity index is 1.56. The summed E-state index contributed by atoms with van der Waals surface area (Å²) >= 11 is 0. The number of piperidine rings is 1. The molecule has 6 nitrogen and oxygen atoms in total. The van der Waals surface area contributed by atoms with Crippen LogP contribution in [0.5, 0.6) is 5.75 Å². The first kappa shape index (κ1) is 18.0. The molecule has 0 spiro atoms. The lowest BCUT2D eigenvalue weighted by molar-refractivity contribution is -0.125. The number of ether oxygens (including phenoxy) is 2. The SMILES string of the molecule is COc1cccc(N2CCCC(NC(=O)C(N)C3CCOCC3)C2)c1. The van der Waals surface area contributed by atoms with E-state index < -0.39 is 6.04 Å². The van der Waals surface area contributed by atoms with E-state index in [1.807, 2.05) is 18.2 Å². The Kier molecular flexibility index (Phi) is 6.15. The Bertz CT molecular complexity index is 575. The minimum atomic E-state index is -0.434. The quantitative estimate of drug-likeness (QED) is 0.845. The minimum Gasteiger partial charge on any atom is -0.497 e. The average Bonchev–Trinajstić information content (AvgIpc) is 2.68. The second-order valence-electron chi connectivity index (χ2n) is 6.97. The smallest absolute Gasteiger partial charge is 0.237 e. The van der Waals surface area contributed by atoms with Crippen LogP contribution in [0.2, 0.25) is 0 Å². The van der Waals surface area contributed by atoms with Gasteiger partial charge in [-0.25, -0.2) is 0 Å². The molecule has 2 atom stereocenters. The van der Waals surface area contributed by atoms with E-state index in [2.05, 4.69) is 16.3 Å². The third-order valence-corrected chi connectivity index (χ3v) is 5.26. The van der Waals surface area contributed by atoms with Gasteiger partial charge in [0.05, 0.1) is 13.2 Å². The first-order valence-electron chi connectivity index (χ1n) is 9.20. The largest absolute Gasteiger partial charge is 0.497 e. The number of benzene rings is 1. The molecule has 2 unspecified atom stereocenters. The molecule has 6 heteroatoms. The second kappa shape index (κ2) is 8.54. The second-order valence-corrected chi connectivity index (χ2v) is 6.97. The Morgan fingerprint density at radius 2 is 2.16 bits per heavy atom. The van der Waals surface area contributed by atoms with Gasteiger partial charge in [-0.15, -0.1) is 0 Å². The van der Waals surface area contributed by atoms with Crippen molar-refractivity contribution in [2.45, 2.75) is 37.8 Å². The van der Waals surface area contributed by atoms with Crippen LogP contribution in [0.3, 0.4) is 0 Å². The van der Waals surface area contributed by atoms with Crippen molar-refractivity contribution in [2.75, 3.05) is 38.3 Å². The molecule has 0 aliphatic carbocycles. The summed E-state index contributed by atoms with van der Waals surface area (Å²) < 4.78 is 10.7. The van der Waals surface area contributed by atoms with Crippen molar-refractivity contribution in [3.8, 4) is 5.75 Å². The van der Waals surface area contributed by atoms with Gasteiger partial charge in [-0.2, -0.15) is 0 Å². The van der Waals surface area contributed by atoms with Gasteiger partial charge in [0.25, 0.3) is 0 Å². The molecule has 1 amide bonds. The zero-order chi connectivity index (χ0) is 17.6. The van der Waals surface area contributed by atoms with Crippen LogP contribution in [0.1, 0.15) is 25.7 Å². The van der Waals surface area contributed by atoms with Gasteiger partial charge in [0.1, 0.15) is 5.75 Å². The zero-order valence-corrected chi connectivity index (χ0v) is 14.9. The van der Waals surface area contributed by atoms with Gasteiger partial charge < -0.3 is 25.4 Å². The van der Waals surface area contributed by atoms with E-state index in [-0.39, 0.29) is 17.9 Å². The van der Waals surface area contributed by atoms with Gasteiger partial charge in [0.15, 0.2) is 0 Å². The number of methoxy groups -OCH3 is 1. The third kappa shape index (κ3) is 4.64. The van der Waals surface area contributed by atoms with Crippen molar-refractivity contribution in [3.05, 3.63) is 24.3 Å². The van der Waals surface area contributed by atoms with Crippen molar-refractivity contribution in [3.63, 3.8) is 0 Å². The van der Waals surface area contributed by atoms with Crippen LogP contribution in [0, 0.1) is 5.92 Å². The lowest BCUT2D eigenvalue weighted by atomic mass is 9.91. The number of nitrogens with two attached hydrogens (primary N) is 1. The molecule has 0 radical (unpaired) electrons. The maximum atomic E-state index is 12.5. The Morgan fingerprint density at radius 3 is 2.92 bits per heavy atom. The molecule has 0 aromatic heterocycles.